The molecule has 18 heteroatoms. The molecule has 1 aliphatic rings. The van der Waals surface area contributed by atoms with E-state index in [9.17, 15) is 56.5 Å². The highest BCUT2D eigenvalue weighted by molar-refractivity contribution is 5.88. The molecular formula is C37H28F6N4O8. The first-order valence-corrected chi connectivity index (χ1v) is 16.2. The highest BCUT2D eigenvalue weighted by Gasteiger charge is 2.68. The van der Waals surface area contributed by atoms with Crippen LogP contribution in [-0.2, 0) is 38.6 Å². The van der Waals surface area contributed by atoms with E-state index in [2.05, 4.69) is 4.74 Å². The summed E-state index contributed by atoms with van der Waals surface area (Å²) in [6.07, 6.45) is -7.25. The first-order chi connectivity index (χ1) is 26.0. The summed E-state index contributed by atoms with van der Waals surface area (Å²) in [5.74, 6) is 0. The van der Waals surface area contributed by atoms with Crippen molar-refractivity contribution in [2.24, 2.45) is 0 Å². The zero-order valence-electron chi connectivity index (χ0n) is 28.2. The second kappa shape index (κ2) is 14.5. The predicted molar refractivity (Wildman–Crippen MR) is 184 cm³/mol. The molecule has 0 saturated carbocycles. The number of nitro benzene ring substituents is 2. The molecule has 2 aromatic heterocycles. The third-order valence-electron chi connectivity index (χ3n) is 9.15. The zero-order chi connectivity index (χ0) is 39.8. The van der Waals surface area contributed by atoms with Crippen LogP contribution in [-0.4, -0.2) is 56.1 Å². The van der Waals surface area contributed by atoms with Crippen LogP contribution in [0, 0.1) is 20.2 Å². The van der Waals surface area contributed by atoms with E-state index >= 15 is 0 Å². The number of halogens is 6. The number of benzene rings is 4. The van der Waals surface area contributed by atoms with Gasteiger partial charge < -0.3 is 23.7 Å². The first-order valence-electron chi connectivity index (χ1n) is 16.2. The third kappa shape index (κ3) is 7.45. The lowest BCUT2D eigenvalue weighted by atomic mass is 9.93. The summed E-state index contributed by atoms with van der Waals surface area (Å²) >= 11 is 0. The first kappa shape index (κ1) is 38.5. The molecule has 0 radical (unpaired) electrons. The van der Waals surface area contributed by atoms with E-state index in [0.717, 1.165) is 35.5 Å². The summed E-state index contributed by atoms with van der Waals surface area (Å²) in [4.78, 5) is 31.4. The van der Waals surface area contributed by atoms with Gasteiger partial charge in [0.1, 0.15) is 6.61 Å². The summed E-state index contributed by atoms with van der Waals surface area (Å²) in [6.45, 7) is -1.57. The number of alkyl halides is 6. The fraction of sp³-hybridized carbons (Fsp3) is 0.216. The molecule has 0 bridgehead atoms. The van der Waals surface area contributed by atoms with Crippen LogP contribution in [0.4, 0.5) is 37.7 Å². The molecule has 286 valence electrons. The quantitative estimate of drug-likeness (QED) is 0.0458. The van der Waals surface area contributed by atoms with E-state index < -0.39 is 52.2 Å². The van der Waals surface area contributed by atoms with Crippen LogP contribution in [0.1, 0.15) is 22.3 Å². The topological polar surface area (TPSA) is 155 Å². The van der Waals surface area contributed by atoms with Gasteiger partial charge in [0.15, 0.2) is 0 Å². The van der Waals surface area contributed by atoms with E-state index in [1.54, 1.807) is 34.9 Å². The van der Waals surface area contributed by atoms with Gasteiger partial charge in [-0.15, -0.1) is 0 Å². The highest BCUT2D eigenvalue weighted by Crippen LogP contribution is 2.54. The molecule has 2 atom stereocenters. The van der Waals surface area contributed by atoms with Gasteiger partial charge in [-0.3, -0.25) is 25.0 Å². The molecule has 2 unspecified atom stereocenters. The van der Waals surface area contributed by atoms with E-state index in [1.807, 2.05) is 30.3 Å². The molecule has 1 fully saturated rings. The Labute approximate surface area is 306 Å². The van der Waals surface area contributed by atoms with Gasteiger partial charge in [0.25, 0.3) is 17.8 Å². The average molecular weight is 771 g/mol. The molecule has 12 nitrogen and oxygen atoms in total. The van der Waals surface area contributed by atoms with Gasteiger partial charge >= 0.3 is 12.4 Å². The van der Waals surface area contributed by atoms with Crippen LogP contribution in [0.15, 0.2) is 109 Å². The third-order valence-corrected chi connectivity index (χ3v) is 9.15. The maximum atomic E-state index is 13.7. The molecule has 0 spiro atoms. The molecule has 1 N–H and O–H groups in total. The number of hydrogen-bond donors (Lipinski definition) is 1. The van der Waals surface area contributed by atoms with Crippen LogP contribution >= 0.6 is 0 Å². The molecule has 4 aromatic carbocycles. The number of aromatic nitrogens is 2. The smallest absolute Gasteiger partial charge is 0.424 e. The number of carbonyl (C=O) groups excluding carboxylic acids is 1. The Morgan fingerprint density at radius 1 is 0.764 bits per heavy atom. The van der Waals surface area contributed by atoms with Crippen molar-refractivity contribution >= 4 is 39.7 Å². The van der Waals surface area contributed by atoms with Crippen molar-refractivity contribution in [3.63, 3.8) is 0 Å². The molecule has 55 heavy (non-hydrogen) atoms. The lowest BCUT2D eigenvalue weighted by Crippen LogP contribution is -2.46. The minimum atomic E-state index is -5.16. The van der Waals surface area contributed by atoms with Crippen molar-refractivity contribution in [1.29, 1.82) is 0 Å². The number of rotatable bonds is 11. The molecule has 0 aliphatic carbocycles. The van der Waals surface area contributed by atoms with Gasteiger partial charge in [0, 0.05) is 71.6 Å². The monoisotopic (exact) mass is 770 g/mol. The molecule has 6 aromatic rings. The van der Waals surface area contributed by atoms with Crippen molar-refractivity contribution in [3.05, 3.63) is 152 Å². The molecule has 1 aliphatic heterocycles. The fourth-order valence-electron chi connectivity index (χ4n) is 6.27. The maximum Gasteiger partial charge on any atom is 0.424 e. The lowest BCUT2D eigenvalue weighted by Gasteiger charge is -2.29. The van der Waals surface area contributed by atoms with E-state index in [1.165, 1.54) is 29.0 Å². The normalized spacial score (nSPS) is 16.6. The number of fused-ring (bicyclic) bond motifs is 2. The minimum absolute atomic E-state index is 0.00849. The maximum absolute atomic E-state index is 13.7. The summed E-state index contributed by atoms with van der Waals surface area (Å²) in [5, 5.41) is 32.9. The Bertz CT molecular complexity index is 2370. The summed E-state index contributed by atoms with van der Waals surface area (Å²) in [5.41, 5.74) is -4.75. The number of nitrogens with zero attached hydrogens (tertiary/aromatic N) is 4. The SMILES string of the molecule is O=COCC(O)(c1cn(Cc2ccccc2)c2cc([N+](=O)[O-])ccc12)C(F)(F)F.O=[N+]([O-])c1ccc2c(C3(C(F)(F)F)CO3)cn(Cc3ccccc3)c2c1. The molecule has 0 amide bonds. The number of nitro groups is 2. The van der Waals surface area contributed by atoms with Crippen LogP contribution in [0.5, 0.6) is 0 Å². The van der Waals surface area contributed by atoms with Crippen molar-refractivity contribution in [2.75, 3.05) is 13.2 Å². The Morgan fingerprint density at radius 2 is 1.24 bits per heavy atom. The Kier molecular flexibility index (Phi) is 10.2. The number of ether oxygens (including phenoxy) is 2. The van der Waals surface area contributed by atoms with E-state index in [0.29, 0.717) is 17.4 Å². The van der Waals surface area contributed by atoms with Crippen LogP contribution in [0.25, 0.3) is 21.8 Å². The number of non-ortho nitro benzene ring substituents is 2. The van der Waals surface area contributed by atoms with Gasteiger partial charge in [0.05, 0.1) is 27.5 Å². The zero-order valence-corrected chi connectivity index (χ0v) is 28.2. The second-order valence-electron chi connectivity index (χ2n) is 12.6. The summed E-state index contributed by atoms with van der Waals surface area (Å²) < 4.78 is 93.7. The van der Waals surface area contributed by atoms with Crippen LogP contribution in [0.2, 0.25) is 0 Å². The van der Waals surface area contributed by atoms with Gasteiger partial charge in [-0.2, -0.15) is 26.3 Å². The van der Waals surface area contributed by atoms with Gasteiger partial charge in [-0.05, 0) is 23.3 Å². The standard InChI is InChI=1S/C19H15F3N2O5.C18H13F3N2O3/c20-19(21,22)18(26,11-29-12-25)16-10-23(9-13-4-2-1-3-5-13)17-8-14(24(27)28)6-7-15(16)17;19-18(20,21)17(11-26-17)15-10-22(9-12-4-2-1-3-5-12)16-8-13(23(24)25)6-7-14(15)16/h1-8,10,12,26H,9,11H2;1-8,10H,9,11H2. The Balaban J connectivity index is 0.000000188. The fourth-order valence-corrected chi connectivity index (χ4v) is 6.27. The minimum Gasteiger partial charge on any atom is -0.464 e. The number of hydrogen-bond acceptors (Lipinski definition) is 8. The number of epoxide rings is 1. The van der Waals surface area contributed by atoms with Gasteiger partial charge in [-0.25, -0.2) is 0 Å². The van der Waals surface area contributed by atoms with Gasteiger partial charge in [-0.1, -0.05) is 60.7 Å². The predicted octanol–water partition coefficient (Wildman–Crippen LogP) is 7.91. The average Bonchev–Trinajstić information content (AvgIpc) is 3.79. The van der Waals surface area contributed by atoms with Crippen molar-refractivity contribution in [3.8, 4) is 0 Å². The van der Waals surface area contributed by atoms with Crippen molar-refractivity contribution in [2.45, 2.75) is 36.6 Å². The largest absolute Gasteiger partial charge is 0.464 e. The lowest BCUT2D eigenvalue weighted by molar-refractivity contribution is -0.384. The Morgan fingerprint density at radius 3 is 1.67 bits per heavy atom. The summed E-state index contributed by atoms with van der Waals surface area (Å²) in [6, 6.07) is 25.1. The second-order valence-corrected chi connectivity index (χ2v) is 12.6. The van der Waals surface area contributed by atoms with E-state index in [-0.39, 0.29) is 40.9 Å². The number of aliphatic hydroxyl groups is 1. The molecule has 7 rings (SSSR count). The van der Waals surface area contributed by atoms with Crippen molar-refractivity contribution < 1.29 is 55.6 Å². The van der Waals surface area contributed by atoms with E-state index in [4.69, 9.17) is 4.74 Å². The molecule has 3 heterocycles. The molecule has 1 saturated heterocycles. The van der Waals surface area contributed by atoms with Gasteiger partial charge in [0.2, 0.25) is 11.2 Å². The summed E-state index contributed by atoms with van der Waals surface area (Å²) in [7, 11) is 0. The number of carbonyl (C=O) groups is 1. The Hall–Kier alpha value is -6.27. The van der Waals surface area contributed by atoms with Crippen molar-refractivity contribution in [1.82, 2.24) is 9.13 Å². The van der Waals surface area contributed by atoms with Crippen LogP contribution < -0.4 is 0 Å². The van der Waals surface area contributed by atoms with Crippen LogP contribution in [0.3, 0.4) is 0 Å². The molecular weight excluding hydrogens is 742 g/mol. The highest BCUT2D eigenvalue weighted by atomic mass is 19.4.